The lowest BCUT2D eigenvalue weighted by Crippen LogP contribution is -1.95. The highest BCUT2D eigenvalue weighted by Gasteiger charge is 2.05. The van der Waals surface area contributed by atoms with E-state index in [9.17, 15) is 4.21 Å². The molecule has 1 unspecified atom stereocenters. The van der Waals surface area contributed by atoms with E-state index >= 15 is 0 Å². The lowest BCUT2D eigenvalue weighted by molar-refractivity contribution is 0.683. The predicted molar refractivity (Wildman–Crippen MR) is 65.3 cm³/mol. The summed E-state index contributed by atoms with van der Waals surface area (Å²) >= 11 is 1.63. The molecule has 2 rings (SSSR count). The first-order chi connectivity index (χ1) is 7.25. The Kier molecular flexibility index (Phi) is 3.18. The molecule has 1 heterocycles. The fourth-order valence-corrected chi connectivity index (χ4v) is 3.36. The van der Waals surface area contributed by atoms with Crippen LogP contribution >= 0.6 is 11.3 Å². The highest BCUT2D eigenvalue weighted by Crippen LogP contribution is 2.17. The van der Waals surface area contributed by atoms with Gasteiger partial charge in [0.25, 0.3) is 0 Å². The van der Waals surface area contributed by atoms with Crippen LogP contribution in [0.3, 0.4) is 0 Å². The van der Waals surface area contributed by atoms with E-state index in [1.165, 1.54) is 0 Å². The van der Waals surface area contributed by atoms with Gasteiger partial charge in [-0.15, -0.1) is 11.3 Å². The molecule has 0 aliphatic carbocycles. The van der Waals surface area contributed by atoms with Crippen molar-refractivity contribution in [2.45, 2.75) is 10.6 Å². The first-order valence-corrected chi connectivity index (χ1v) is 6.72. The normalized spacial score (nSPS) is 12.5. The molecule has 0 fully saturated rings. The smallest absolute Gasteiger partial charge is 0.0626 e. The second-order valence-electron chi connectivity index (χ2n) is 3.14. The highest BCUT2D eigenvalue weighted by atomic mass is 32.2. The summed E-state index contributed by atoms with van der Waals surface area (Å²) < 4.78 is 11.9. The lowest BCUT2D eigenvalue weighted by Gasteiger charge is -2.01. The van der Waals surface area contributed by atoms with Crippen LogP contribution in [0.4, 0.5) is 5.69 Å². The van der Waals surface area contributed by atoms with Crippen LogP contribution in [-0.2, 0) is 16.6 Å². The molecule has 4 heteroatoms. The summed E-state index contributed by atoms with van der Waals surface area (Å²) in [7, 11) is -0.993. The molecular weight excluding hydrogens is 226 g/mol. The molecule has 0 radical (unpaired) electrons. The van der Waals surface area contributed by atoms with Gasteiger partial charge in [-0.05, 0) is 29.6 Å². The Morgan fingerprint density at radius 1 is 1.27 bits per heavy atom. The molecule has 1 aromatic heterocycles. The van der Waals surface area contributed by atoms with E-state index < -0.39 is 10.8 Å². The van der Waals surface area contributed by atoms with Gasteiger partial charge < -0.3 is 5.73 Å². The van der Waals surface area contributed by atoms with Crippen molar-refractivity contribution in [2.24, 2.45) is 0 Å². The molecule has 2 nitrogen and oxygen atoms in total. The Morgan fingerprint density at radius 3 is 2.80 bits per heavy atom. The summed E-state index contributed by atoms with van der Waals surface area (Å²) in [5.41, 5.74) is 6.30. The summed E-state index contributed by atoms with van der Waals surface area (Å²) in [6.07, 6.45) is 0. The Labute approximate surface area is 95.2 Å². The molecular formula is C11H11NOS2. The third kappa shape index (κ3) is 2.67. The Hall–Kier alpha value is -1.13. The summed E-state index contributed by atoms with van der Waals surface area (Å²) in [6, 6.07) is 11.2. The molecule has 1 atom stereocenters. The minimum absolute atomic E-state index is 0.571. The van der Waals surface area contributed by atoms with E-state index in [0.717, 1.165) is 9.77 Å². The van der Waals surface area contributed by atoms with Crippen LogP contribution in [0, 0.1) is 0 Å². The van der Waals surface area contributed by atoms with Crippen LogP contribution in [0.1, 0.15) is 4.88 Å². The average molecular weight is 237 g/mol. The van der Waals surface area contributed by atoms with Crippen molar-refractivity contribution in [3.05, 3.63) is 46.7 Å². The van der Waals surface area contributed by atoms with Crippen molar-refractivity contribution in [3.8, 4) is 0 Å². The van der Waals surface area contributed by atoms with Gasteiger partial charge in [0, 0.05) is 15.5 Å². The van der Waals surface area contributed by atoms with E-state index in [-0.39, 0.29) is 0 Å². The maximum absolute atomic E-state index is 11.9. The molecule has 2 aromatic rings. The van der Waals surface area contributed by atoms with Gasteiger partial charge >= 0.3 is 0 Å². The van der Waals surface area contributed by atoms with E-state index in [0.29, 0.717) is 11.4 Å². The van der Waals surface area contributed by atoms with Crippen LogP contribution in [0.25, 0.3) is 0 Å². The van der Waals surface area contributed by atoms with Crippen LogP contribution in [-0.4, -0.2) is 4.21 Å². The van der Waals surface area contributed by atoms with Gasteiger partial charge in [-0.2, -0.15) is 0 Å². The van der Waals surface area contributed by atoms with E-state index in [4.69, 9.17) is 5.73 Å². The number of nitrogen functional groups attached to an aromatic ring is 1. The lowest BCUT2D eigenvalue weighted by atomic mass is 10.3. The zero-order valence-electron chi connectivity index (χ0n) is 8.05. The van der Waals surface area contributed by atoms with Crippen LogP contribution in [0.5, 0.6) is 0 Å². The zero-order valence-corrected chi connectivity index (χ0v) is 9.68. The summed E-state index contributed by atoms with van der Waals surface area (Å²) in [5, 5.41) is 1.99. The minimum atomic E-state index is -0.993. The first-order valence-electron chi connectivity index (χ1n) is 4.52. The van der Waals surface area contributed by atoms with Crippen molar-refractivity contribution in [1.29, 1.82) is 0 Å². The van der Waals surface area contributed by atoms with E-state index in [1.54, 1.807) is 23.5 Å². The van der Waals surface area contributed by atoms with Crippen molar-refractivity contribution in [3.63, 3.8) is 0 Å². The van der Waals surface area contributed by atoms with Gasteiger partial charge in [-0.1, -0.05) is 12.1 Å². The van der Waals surface area contributed by atoms with E-state index in [2.05, 4.69) is 0 Å². The number of rotatable bonds is 3. The van der Waals surface area contributed by atoms with Gasteiger partial charge in [0.2, 0.25) is 0 Å². The number of benzene rings is 1. The highest BCUT2D eigenvalue weighted by molar-refractivity contribution is 7.84. The Balaban J connectivity index is 2.15. The SMILES string of the molecule is Nc1cccc(S(=O)Cc2cccs2)c1. The van der Waals surface area contributed by atoms with Gasteiger partial charge in [-0.25, -0.2) is 0 Å². The maximum Gasteiger partial charge on any atom is 0.0626 e. The molecule has 0 aliphatic rings. The summed E-state index contributed by atoms with van der Waals surface area (Å²) in [6.45, 7) is 0. The number of anilines is 1. The number of thiophene rings is 1. The largest absolute Gasteiger partial charge is 0.399 e. The van der Waals surface area contributed by atoms with Gasteiger partial charge in [0.15, 0.2) is 0 Å². The van der Waals surface area contributed by atoms with Gasteiger partial charge in [0.1, 0.15) is 0 Å². The molecule has 0 bridgehead atoms. The number of hydrogen-bond acceptors (Lipinski definition) is 3. The first kappa shape index (κ1) is 10.4. The molecule has 0 aliphatic heterocycles. The Morgan fingerprint density at radius 2 is 2.13 bits per heavy atom. The summed E-state index contributed by atoms with van der Waals surface area (Å²) in [5.74, 6) is 0.571. The monoisotopic (exact) mass is 237 g/mol. The van der Waals surface area contributed by atoms with Crippen molar-refractivity contribution < 1.29 is 4.21 Å². The molecule has 0 saturated carbocycles. The molecule has 1 aromatic carbocycles. The third-order valence-electron chi connectivity index (χ3n) is 1.97. The van der Waals surface area contributed by atoms with Gasteiger partial charge in [0.05, 0.1) is 16.6 Å². The van der Waals surface area contributed by atoms with Crippen LogP contribution in [0.15, 0.2) is 46.7 Å². The predicted octanol–water partition coefficient (Wildman–Crippen LogP) is 2.64. The minimum Gasteiger partial charge on any atom is -0.399 e. The molecule has 78 valence electrons. The standard InChI is InChI=1S/C11H11NOS2/c12-9-3-1-5-11(7-9)15(13)8-10-4-2-6-14-10/h1-7H,8,12H2. The molecule has 0 amide bonds. The quantitative estimate of drug-likeness (QED) is 0.834. The second kappa shape index (κ2) is 4.59. The van der Waals surface area contributed by atoms with Gasteiger partial charge in [-0.3, -0.25) is 4.21 Å². The van der Waals surface area contributed by atoms with Crippen molar-refractivity contribution >= 4 is 27.8 Å². The zero-order chi connectivity index (χ0) is 10.7. The fourth-order valence-electron chi connectivity index (χ4n) is 1.26. The number of nitrogens with two attached hydrogens (primary N) is 1. The average Bonchev–Trinajstić information content (AvgIpc) is 2.70. The van der Waals surface area contributed by atoms with Crippen LogP contribution in [0.2, 0.25) is 0 Å². The third-order valence-corrected chi connectivity index (χ3v) is 4.39. The Bertz CT molecular complexity index is 465. The molecule has 2 N–H and O–H groups in total. The topological polar surface area (TPSA) is 43.1 Å². The second-order valence-corrected chi connectivity index (χ2v) is 5.63. The number of hydrogen-bond donors (Lipinski definition) is 1. The maximum atomic E-state index is 11.9. The summed E-state index contributed by atoms with van der Waals surface area (Å²) in [4.78, 5) is 1.93. The van der Waals surface area contributed by atoms with Crippen molar-refractivity contribution in [1.82, 2.24) is 0 Å². The van der Waals surface area contributed by atoms with Crippen molar-refractivity contribution in [2.75, 3.05) is 5.73 Å². The molecule has 0 spiro atoms. The van der Waals surface area contributed by atoms with E-state index in [1.807, 2.05) is 29.6 Å². The van der Waals surface area contributed by atoms with Crippen LogP contribution < -0.4 is 5.73 Å². The fraction of sp³-hybridized carbons (Fsp3) is 0.0909. The molecule has 0 saturated heterocycles. The molecule has 15 heavy (non-hydrogen) atoms.